The van der Waals surface area contributed by atoms with E-state index >= 15 is 0 Å². The average Bonchev–Trinajstić information content (AvgIpc) is 3.24. The van der Waals surface area contributed by atoms with Crippen LogP contribution in [0.25, 0.3) is 11.0 Å². The van der Waals surface area contributed by atoms with Crippen molar-refractivity contribution in [3.05, 3.63) is 24.3 Å². The van der Waals surface area contributed by atoms with E-state index in [1.807, 2.05) is 12.4 Å². The molecule has 19 heavy (non-hydrogen) atoms. The minimum Gasteiger partial charge on any atom is -0.323 e. The van der Waals surface area contributed by atoms with Crippen LogP contribution in [0.15, 0.2) is 18.5 Å². The molecule has 4 nitrogen and oxygen atoms in total. The minimum atomic E-state index is 0.426. The topological polar surface area (TPSA) is 42.7 Å². The van der Waals surface area contributed by atoms with Gasteiger partial charge in [-0.1, -0.05) is 12.8 Å². The lowest BCUT2D eigenvalue weighted by Gasteiger charge is -2.17. The van der Waals surface area contributed by atoms with Gasteiger partial charge in [0.1, 0.15) is 11.3 Å². The smallest absolute Gasteiger partial charge is 0.127 e. The summed E-state index contributed by atoms with van der Waals surface area (Å²) in [7, 11) is 0. The molecule has 1 saturated carbocycles. The number of rotatable bonds is 2. The predicted octanol–water partition coefficient (Wildman–Crippen LogP) is 2.97. The molecule has 4 rings (SSSR count). The number of hydrogen-bond acceptors (Lipinski definition) is 3. The van der Waals surface area contributed by atoms with Crippen LogP contribution in [0.2, 0.25) is 0 Å². The first kappa shape index (κ1) is 11.4. The van der Waals surface area contributed by atoms with E-state index in [1.165, 1.54) is 49.9 Å². The SMILES string of the molecule is c1cc2c(cn1)nc(C1CCCCCN1)n2C1CC1. The van der Waals surface area contributed by atoms with Crippen LogP contribution in [0, 0.1) is 0 Å². The van der Waals surface area contributed by atoms with Crippen LogP contribution < -0.4 is 5.32 Å². The first-order chi connectivity index (χ1) is 9.43. The molecule has 3 heterocycles. The van der Waals surface area contributed by atoms with Gasteiger partial charge in [-0.25, -0.2) is 4.98 Å². The first-order valence-electron chi connectivity index (χ1n) is 7.49. The van der Waals surface area contributed by atoms with E-state index in [0.29, 0.717) is 12.1 Å². The van der Waals surface area contributed by atoms with Crippen molar-refractivity contribution in [1.29, 1.82) is 0 Å². The summed E-state index contributed by atoms with van der Waals surface area (Å²) in [5.41, 5.74) is 2.31. The van der Waals surface area contributed by atoms with E-state index in [-0.39, 0.29) is 0 Å². The van der Waals surface area contributed by atoms with E-state index in [2.05, 4.69) is 20.9 Å². The van der Waals surface area contributed by atoms with E-state index in [9.17, 15) is 0 Å². The van der Waals surface area contributed by atoms with Crippen LogP contribution in [0.5, 0.6) is 0 Å². The number of fused-ring (bicyclic) bond motifs is 1. The van der Waals surface area contributed by atoms with Crippen LogP contribution in [0.1, 0.15) is 56.4 Å². The first-order valence-corrected chi connectivity index (χ1v) is 7.49. The lowest BCUT2D eigenvalue weighted by Crippen LogP contribution is -2.23. The summed E-state index contributed by atoms with van der Waals surface area (Å²) in [5.74, 6) is 1.24. The van der Waals surface area contributed by atoms with Crippen LogP contribution in [0.3, 0.4) is 0 Å². The van der Waals surface area contributed by atoms with Gasteiger partial charge in [0.05, 0.1) is 17.8 Å². The van der Waals surface area contributed by atoms with Crippen LogP contribution >= 0.6 is 0 Å². The molecule has 1 N–H and O–H groups in total. The van der Waals surface area contributed by atoms with Crippen molar-refractivity contribution in [3.63, 3.8) is 0 Å². The molecule has 1 unspecified atom stereocenters. The molecule has 0 bridgehead atoms. The van der Waals surface area contributed by atoms with Crippen molar-refractivity contribution in [1.82, 2.24) is 19.9 Å². The average molecular weight is 256 g/mol. The normalized spacial score (nSPS) is 24.5. The highest BCUT2D eigenvalue weighted by molar-refractivity contribution is 5.75. The third-order valence-electron chi connectivity index (χ3n) is 4.30. The maximum atomic E-state index is 4.88. The molecular formula is C15H20N4. The van der Waals surface area contributed by atoms with Crippen molar-refractivity contribution in [2.75, 3.05) is 6.54 Å². The maximum Gasteiger partial charge on any atom is 0.127 e. The summed E-state index contributed by atoms with van der Waals surface area (Å²) in [4.78, 5) is 9.09. The van der Waals surface area contributed by atoms with E-state index < -0.39 is 0 Å². The molecule has 1 atom stereocenters. The second-order valence-electron chi connectivity index (χ2n) is 5.79. The number of nitrogens with one attached hydrogen (secondary N) is 1. The van der Waals surface area contributed by atoms with Crippen molar-refractivity contribution in [2.45, 2.75) is 50.6 Å². The highest BCUT2D eigenvalue weighted by atomic mass is 15.2. The number of aromatic nitrogens is 3. The second-order valence-corrected chi connectivity index (χ2v) is 5.79. The minimum absolute atomic E-state index is 0.426. The van der Waals surface area contributed by atoms with Gasteiger partial charge in [-0.2, -0.15) is 0 Å². The molecule has 2 aliphatic rings. The lowest BCUT2D eigenvalue weighted by atomic mass is 10.1. The van der Waals surface area contributed by atoms with Gasteiger partial charge in [-0.3, -0.25) is 4.98 Å². The summed E-state index contributed by atoms with van der Waals surface area (Å²) in [6.45, 7) is 1.12. The molecule has 0 amide bonds. The van der Waals surface area contributed by atoms with Crippen LogP contribution in [-0.4, -0.2) is 21.1 Å². The van der Waals surface area contributed by atoms with Crippen molar-refractivity contribution >= 4 is 11.0 Å². The Bertz CT molecular complexity index is 577. The zero-order valence-electron chi connectivity index (χ0n) is 11.2. The third-order valence-corrected chi connectivity index (χ3v) is 4.30. The van der Waals surface area contributed by atoms with Gasteiger partial charge >= 0.3 is 0 Å². The van der Waals surface area contributed by atoms with Gasteiger partial charge < -0.3 is 9.88 Å². The molecule has 0 aromatic carbocycles. The zero-order valence-corrected chi connectivity index (χ0v) is 11.2. The summed E-state index contributed by atoms with van der Waals surface area (Å²) >= 11 is 0. The van der Waals surface area contributed by atoms with Crippen molar-refractivity contribution in [2.24, 2.45) is 0 Å². The highest BCUT2D eigenvalue weighted by Crippen LogP contribution is 2.40. The fraction of sp³-hybridized carbons (Fsp3) is 0.600. The Morgan fingerprint density at radius 3 is 3.00 bits per heavy atom. The monoisotopic (exact) mass is 256 g/mol. The van der Waals surface area contributed by atoms with Crippen LogP contribution in [-0.2, 0) is 0 Å². The van der Waals surface area contributed by atoms with Gasteiger partial charge in [0.15, 0.2) is 0 Å². The lowest BCUT2D eigenvalue weighted by molar-refractivity contribution is 0.484. The number of pyridine rings is 1. The Morgan fingerprint density at radius 1 is 1.16 bits per heavy atom. The largest absolute Gasteiger partial charge is 0.323 e. The van der Waals surface area contributed by atoms with Gasteiger partial charge in [-0.15, -0.1) is 0 Å². The second kappa shape index (κ2) is 4.60. The molecule has 2 aromatic rings. The Kier molecular flexibility index (Phi) is 2.76. The number of hydrogen-bond donors (Lipinski definition) is 1. The fourth-order valence-corrected chi connectivity index (χ4v) is 3.18. The number of nitrogens with zero attached hydrogens (tertiary/aromatic N) is 3. The van der Waals surface area contributed by atoms with E-state index in [1.54, 1.807) is 0 Å². The molecule has 2 aromatic heterocycles. The highest BCUT2D eigenvalue weighted by Gasteiger charge is 2.31. The Hall–Kier alpha value is -1.42. The summed E-state index contributed by atoms with van der Waals surface area (Å²) in [6, 6.07) is 3.21. The van der Waals surface area contributed by atoms with E-state index in [4.69, 9.17) is 4.98 Å². The standard InChI is InChI=1S/C15H20N4/c1-2-4-12(17-8-3-1)15-18-13-10-16-9-7-14(13)19(15)11-5-6-11/h7,9-12,17H,1-6,8H2. The third kappa shape index (κ3) is 2.04. The molecule has 1 aliphatic carbocycles. The summed E-state index contributed by atoms with van der Waals surface area (Å²) in [6.07, 6.45) is 11.5. The Labute approximate surface area is 113 Å². The fourth-order valence-electron chi connectivity index (χ4n) is 3.18. The number of imidazole rings is 1. The van der Waals surface area contributed by atoms with E-state index in [0.717, 1.165) is 12.1 Å². The quantitative estimate of drug-likeness (QED) is 0.898. The summed E-state index contributed by atoms with van der Waals surface area (Å²) in [5, 5.41) is 3.68. The van der Waals surface area contributed by atoms with Crippen LogP contribution in [0.4, 0.5) is 0 Å². The Morgan fingerprint density at radius 2 is 2.11 bits per heavy atom. The molecule has 4 heteroatoms. The summed E-state index contributed by atoms with van der Waals surface area (Å²) < 4.78 is 2.47. The molecule has 100 valence electrons. The molecule has 2 fully saturated rings. The van der Waals surface area contributed by atoms with Crippen molar-refractivity contribution in [3.8, 4) is 0 Å². The van der Waals surface area contributed by atoms with Gasteiger partial charge in [0, 0.05) is 12.2 Å². The molecule has 0 spiro atoms. The van der Waals surface area contributed by atoms with Gasteiger partial charge in [-0.05, 0) is 38.3 Å². The zero-order chi connectivity index (χ0) is 12.7. The van der Waals surface area contributed by atoms with Crippen molar-refractivity contribution < 1.29 is 0 Å². The molecule has 1 aliphatic heterocycles. The maximum absolute atomic E-state index is 4.88. The molecule has 1 saturated heterocycles. The van der Waals surface area contributed by atoms with Gasteiger partial charge in [0.2, 0.25) is 0 Å². The molecule has 0 radical (unpaired) electrons. The van der Waals surface area contributed by atoms with Gasteiger partial charge in [0.25, 0.3) is 0 Å². The molecular weight excluding hydrogens is 236 g/mol. The Balaban J connectivity index is 1.81. The predicted molar refractivity (Wildman–Crippen MR) is 75.0 cm³/mol.